The summed E-state index contributed by atoms with van der Waals surface area (Å²) in [4.78, 5) is 0.781. The van der Waals surface area contributed by atoms with E-state index >= 15 is 0 Å². The van der Waals surface area contributed by atoms with E-state index in [1.165, 1.54) is 0 Å². The molecule has 0 bridgehead atoms. The molecule has 0 spiro atoms. The lowest BCUT2D eigenvalue weighted by molar-refractivity contribution is 0.507. The maximum absolute atomic E-state index is 13.4. The van der Waals surface area contributed by atoms with Crippen molar-refractivity contribution in [3.8, 4) is 0 Å². The van der Waals surface area contributed by atoms with Crippen LogP contribution in [0.2, 0.25) is 5.02 Å². The van der Waals surface area contributed by atoms with E-state index in [1.54, 1.807) is 11.8 Å². The summed E-state index contributed by atoms with van der Waals surface area (Å²) in [5, 5.41) is 0.205. The summed E-state index contributed by atoms with van der Waals surface area (Å²) in [6.45, 7) is 0. The third kappa shape index (κ3) is 3.12. The molecule has 0 heterocycles. The van der Waals surface area contributed by atoms with Crippen LogP contribution in [0.3, 0.4) is 0 Å². The molecule has 1 atom stereocenters. The molecule has 0 aliphatic carbocycles. The molecule has 0 fully saturated rings. The number of hydrogen-bond acceptors (Lipinski definition) is 1. The summed E-state index contributed by atoms with van der Waals surface area (Å²) in [6, 6.07) is 9.88. The molecule has 0 N–H and O–H groups in total. The van der Waals surface area contributed by atoms with Gasteiger partial charge in [-0.2, -0.15) is 0 Å². The van der Waals surface area contributed by atoms with Gasteiger partial charge >= 0.3 is 0 Å². The average Bonchev–Trinajstić information content (AvgIpc) is 2.42. The lowest BCUT2D eigenvalue weighted by Gasteiger charge is -2.16. The first-order valence-electron chi connectivity index (χ1n) is 5.46. The predicted molar refractivity (Wildman–Crippen MR) is 80.4 cm³/mol. The van der Waals surface area contributed by atoms with Crippen molar-refractivity contribution in [1.82, 2.24) is 0 Å². The Balaban J connectivity index is 2.50. The Morgan fingerprint density at radius 1 is 1.11 bits per heavy atom. The van der Waals surface area contributed by atoms with Crippen LogP contribution >= 0.6 is 39.3 Å². The third-order valence-electron chi connectivity index (χ3n) is 2.72. The minimum absolute atomic E-state index is 0.205. The molecule has 0 aliphatic rings. The van der Waals surface area contributed by atoms with E-state index in [2.05, 4.69) is 15.9 Å². The molecule has 2 aromatic rings. The smallest absolute Gasteiger partial charge is 0.160 e. The van der Waals surface area contributed by atoms with Gasteiger partial charge in [0.1, 0.15) is 0 Å². The standard InChI is InChI=1S/C14H10BrClF2S/c1-19-13-5-3-2-4-8(13)14(15)9-6-11(17)12(18)7-10(9)16/h2-7,14H,1H3. The Bertz CT molecular complexity index is 604. The highest BCUT2D eigenvalue weighted by Crippen LogP contribution is 2.39. The van der Waals surface area contributed by atoms with Gasteiger partial charge in [0.2, 0.25) is 0 Å². The molecule has 0 aliphatic heterocycles. The van der Waals surface area contributed by atoms with Crippen molar-refractivity contribution >= 4 is 39.3 Å². The Hall–Kier alpha value is -0.580. The fourth-order valence-corrected chi connectivity index (χ4v) is 3.73. The van der Waals surface area contributed by atoms with E-state index in [9.17, 15) is 8.78 Å². The van der Waals surface area contributed by atoms with Crippen molar-refractivity contribution in [3.63, 3.8) is 0 Å². The van der Waals surface area contributed by atoms with Gasteiger partial charge in [0, 0.05) is 9.92 Å². The van der Waals surface area contributed by atoms with Crippen molar-refractivity contribution < 1.29 is 8.78 Å². The fourth-order valence-electron chi connectivity index (χ4n) is 1.78. The van der Waals surface area contributed by atoms with E-state index < -0.39 is 11.6 Å². The van der Waals surface area contributed by atoms with Gasteiger partial charge in [-0.05, 0) is 35.6 Å². The molecule has 100 valence electrons. The maximum Gasteiger partial charge on any atom is 0.160 e. The molecular weight excluding hydrogens is 354 g/mol. The average molecular weight is 364 g/mol. The zero-order valence-electron chi connectivity index (χ0n) is 9.96. The van der Waals surface area contributed by atoms with Crippen LogP contribution in [-0.2, 0) is 0 Å². The lowest BCUT2D eigenvalue weighted by Crippen LogP contribution is -1.98. The number of rotatable bonds is 3. The molecule has 5 heteroatoms. The SMILES string of the molecule is CSc1ccccc1C(Br)c1cc(F)c(F)cc1Cl. The second-order valence-corrected chi connectivity index (χ2v) is 6.06. The van der Waals surface area contributed by atoms with Gasteiger partial charge in [-0.3, -0.25) is 0 Å². The highest BCUT2D eigenvalue weighted by molar-refractivity contribution is 9.09. The zero-order chi connectivity index (χ0) is 14.0. The van der Waals surface area contributed by atoms with E-state index in [1.807, 2.05) is 30.5 Å². The lowest BCUT2D eigenvalue weighted by atomic mass is 10.0. The largest absolute Gasteiger partial charge is 0.204 e. The van der Waals surface area contributed by atoms with Crippen molar-refractivity contribution in [2.24, 2.45) is 0 Å². The summed E-state index contributed by atoms with van der Waals surface area (Å²) in [6.07, 6.45) is 1.96. The van der Waals surface area contributed by atoms with Gasteiger partial charge in [-0.1, -0.05) is 45.7 Å². The van der Waals surface area contributed by atoms with Crippen molar-refractivity contribution in [2.45, 2.75) is 9.72 Å². The van der Waals surface area contributed by atoms with Crippen LogP contribution in [0.25, 0.3) is 0 Å². The minimum Gasteiger partial charge on any atom is -0.204 e. The van der Waals surface area contributed by atoms with Gasteiger partial charge in [0.25, 0.3) is 0 Å². The van der Waals surface area contributed by atoms with Crippen LogP contribution < -0.4 is 0 Å². The number of alkyl halides is 1. The summed E-state index contributed by atoms with van der Waals surface area (Å²) in [5.74, 6) is -1.84. The molecule has 0 aromatic heterocycles. The number of thioether (sulfide) groups is 1. The highest BCUT2D eigenvalue weighted by Gasteiger charge is 2.19. The summed E-state index contributed by atoms with van der Waals surface area (Å²) >= 11 is 11.1. The number of halogens is 4. The molecule has 0 nitrogen and oxygen atoms in total. The van der Waals surface area contributed by atoms with Crippen LogP contribution in [-0.4, -0.2) is 6.26 Å². The Morgan fingerprint density at radius 2 is 1.74 bits per heavy atom. The molecule has 0 saturated carbocycles. The Kier molecular flexibility index (Phi) is 4.87. The second kappa shape index (κ2) is 6.25. The number of hydrogen-bond donors (Lipinski definition) is 0. The monoisotopic (exact) mass is 362 g/mol. The molecule has 0 amide bonds. The van der Waals surface area contributed by atoms with Crippen LogP contribution in [0, 0.1) is 11.6 Å². The van der Waals surface area contributed by atoms with Crippen molar-refractivity contribution in [1.29, 1.82) is 0 Å². The molecule has 0 saturated heterocycles. The first kappa shape index (κ1) is 14.8. The molecular formula is C14H10BrClF2S. The van der Waals surface area contributed by atoms with Gasteiger partial charge < -0.3 is 0 Å². The third-order valence-corrected chi connectivity index (χ3v) is 4.85. The van der Waals surface area contributed by atoms with Crippen molar-refractivity contribution in [2.75, 3.05) is 6.26 Å². The van der Waals surface area contributed by atoms with E-state index in [0.29, 0.717) is 5.56 Å². The van der Waals surface area contributed by atoms with E-state index in [4.69, 9.17) is 11.6 Å². The molecule has 2 aromatic carbocycles. The topological polar surface area (TPSA) is 0 Å². The first-order chi connectivity index (χ1) is 9.04. The van der Waals surface area contributed by atoms with Crippen molar-refractivity contribution in [3.05, 3.63) is 64.2 Å². The first-order valence-corrected chi connectivity index (χ1v) is 7.98. The number of benzene rings is 2. The quantitative estimate of drug-likeness (QED) is 0.376. The highest BCUT2D eigenvalue weighted by atomic mass is 79.9. The second-order valence-electron chi connectivity index (χ2n) is 3.89. The summed E-state index contributed by atoms with van der Waals surface area (Å²) in [7, 11) is 0. The predicted octanol–water partition coefficient (Wildman–Crippen LogP) is 5.82. The molecule has 0 radical (unpaired) electrons. The normalized spacial score (nSPS) is 12.5. The molecule has 19 heavy (non-hydrogen) atoms. The van der Waals surface area contributed by atoms with E-state index in [0.717, 1.165) is 22.6 Å². The van der Waals surface area contributed by atoms with E-state index in [-0.39, 0.29) is 9.85 Å². The van der Waals surface area contributed by atoms with Crippen LogP contribution in [0.4, 0.5) is 8.78 Å². The van der Waals surface area contributed by atoms with Gasteiger partial charge in [-0.25, -0.2) is 8.78 Å². The van der Waals surface area contributed by atoms with Gasteiger partial charge in [0.15, 0.2) is 11.6 Å². The summed E-state index contributed by atoms with van der Waals surface area (Å²) in [5.41, 5.74) is 1.49. The summed E-state index contributed by atoms with van der Waals surface area (Å²) < 4.78 is 26.5. The molecule has 2 rings (SSSR count). The fraction of sp³-hybridized carbons (Fsp3) is 0.143. The molecule has 1 unspecified atom stereocenters. The Morgan fingerprint density at radius 3 is 2.42 bits per heavy atom. The van der Waals surface area contributed by atoms with Crippen LogP contribution in [0.15, 0.2) is 41.3 Å². The zero-order valence-corrected chi connectivity index (χ0v) is 13.1. The van der Waals surface area contributed by atoms with Crippen LogP contribution in [0.5, 0.6) is 0 Å². The van der Waals surface area contributed by atoms with Crippen LogP contribution in [0.1, 0.15) is 16.0 Å². The van der Waals surface area contributed by atoms with Gasteiger partial charge in [-0.15, -0.1) is 11.8 Å². The Labute approximate surface area is 128 Å². The maximum atomic E-state index is 13.4. The van der Waals surface area contributed by atoms with Gasteiger partial charge in [0.05, 0.1) is 4.83 Å². The minimum atomic E-state index is -0.938.